The maximum atomic E-state index is 13.0. The van der Waals surface area contributed by atoms with Crippen molar-refractivity contribution in [2.45, 2.75) is 6.42 Å². The van der Waals surface area contributed by atoms with E-state index in [0.717, 1.165) is 18.8 Å². The van der Waals surface area contributed by atoms with Crippen LogP contribution in [-0.4, -0.2) is 43.6 Å². The predicted octanol–water partition coefficient (Wildman–Crippen LogP) is 1.61. The number of pyridine rings is 1. The number of rotatable bonds is 3. The Morgan fingerprint density at radius 2 is 2.44 bits per heavy atom. The van der Waals surface area contributed by atoms with Gasteiger partial charge in [0.1, 0.15) is 0 Å². The van der Waals surface area contributed by atoms with Gasteiger partial charge in [0.15, 0.2) is 0 Å². The summed E-state index contributed by atoms with van der Waals surface area (Å²) in [6.45, 7) is 3.29. The predicted molar refractivity (Wildman–Crippen MR) is 63.1 cm³/mol. The van der Waals surface area contributed by atoms with Gasteiger partial charge in [0.2, 0.25) is 5.95 Å². The van der Waals surface area contributed by atoms with Crippen LogP contribution in [0.25, 0.3) is 0 Å². The Morgan fingerprint density at radius 1 is 1.62 bits per heavy atom. The minimum Gasteiger partial charge on any atom is -0.374 e. The highest BCUT2D eigenvalue weighted by atomic mass is 19.1. The lowest BCUT2D eigenvalue weighted by Crippen LogP contribution is -2.27. The van der Waals surface area contributed by atoms with Crippen LogP contribution in [0.4, 0.5) is 10.1 Å². The van der Waals surface area contributed by atoms with Gasteiger partial charge in [0.05, 0.1) is 0 Å². The minimum absolute atomic E-state index is 0.409. The van der Waals surface area contributed by atoms with Crippen molar-refractivity contribution >= 4 is 5.69 Å². The Balaban J connectivity index is 1.95. The molecule has 4 heteroatoms. The molecule has 1 fully saturated rings. The molecular formula is C12H18FN3. The van der Waals surface area contributed by atoms with Crippen molar-refractivity contribution in [2.75, 3.05) is 38.6 Å². The zero-order chi connectivity index (χ0) is 11.5. The van der Waals surface area contributed by atoms with E-state index in [1.54, 1.807) is 0 Å². The Labute approximate surface area is 95.9 Å². The Kier molecular flexibility index (Phi) is 3.39. The fourth-order valence-corrected chi connectivity index (χ4v) is 2.30. The van der Waals surface area contributed by atoms with E-state index in [-0.39, 0.29) is 0 Å². The van der Waals surface area contributed by atoms with E-state index >= 15 is 0 Å². The van der Waals surface area contributed by atoms with E-state index in [1.807, 2.05) is 13.1 Å². The smallest absolute Gasteiger partial charge is 0.214 e. The van der Waals surface area contributed by atoms with Gasteiger partial charge in [-0.05, 0) is 32.0 Å². The normalized spacial score (nSPS) is 21.3. The average Bonchev–Trinajstić information content (AvgIpc) is 2.64. The Hall–Kier alpha value is -1.16. The molecule has 1 unspecified atom stereocenters. The molecule has 16 heavy (non-hydrogen) atoms. The molecule has 0 amide bonds. The zero-order valence-corrected chi connectivity index (χ0v) is 9.86. The van der Waals surface area contributed by atoms with Crippen LogP contribution in [0.3, 0.4) is 0 Å². The van der Waals surface area contributed by atoms with Gasteiger partial charge in [-0.25, -0.2) is 4.98 Å². The van der Waals surface area contributed by atoms with E-state index in [1.165, 1.54) is 25.2 Å². The number of nitrogens with zero attached hydrogens (tertiary/aromatic N) is 3. The molecule has 1 aromatic rings. The molecule has 1 aromatic heterocycles. The molecule has 88 valence electrons. The molecule has 0 bridgehead atoms. The first kappa shape index (κ1) is 11.3. The molecule has 2 rings (SSSR count). The van der Waals surface area contributed by atoms with Gasteiger partial charge >= 0.3 is 0 Å². The van der Waals surface area contributed by atoms with Crippen LogP contribution < -0.4 is 4.90 Å². The van der Waals surface area contributed by atoms with Gasteiger partial charge in [0, 0.05) is 38.1 Å². The lowest BCUT2D eigenvalue weighted by atomic mass is 10.1. The summed E-state index contributed by atoms with van der Waals surface area (Å²) in [6.07, 6.45) is 2.75. The van der Waals surface area contributed by atoms with E-state index < -0.39 is 5.95 Å². The molecule has 0 aromatic carbocycles. The minimum atomic E-state index is -0.409. The lowest BCUT2D eigenvalue weighted by molar-refractivity contribution is 0.396. The van der Waals surface area contributed by atoms with E-state index in [2.05, 4.69) is 21.8 Å². The van der Waals surface area contributed by atoms with Crippen molar-refractivity contribution in [3.05, 3.63) is 24.3 Å². The van der Waals surface area contributed by atoms with Gasteiger partial charge in [0.25, 0.3) is 0 Å². The van der Waals surface area contributed by atoms with Gasteiger partial charge in [-0.15, -0.1) is 0 Å². The quantitative estimate of drug-likeness (QED) is 0.726. The summed E-state index contributed by atoms with van der Waals surface area (Å²) in [7, 11) is 4.15. The van der Waals surface area contributed by atoms with Crippen molar-refractivity contribution < 1.29 is 4.39 Å². The van der Waals surface area contributed by atoms with E-state index in [0.29, 0.717) is 5.92 Å². The molecular weight excluding hydrogens is 205 g/mol. The summed E-state index contributed by atoms with van der Waals surface area (Å²) in [4.78, 5) is 8.01. The van der Waals surface area contributed by atoms with Crippen molar-refractivity contribution in [2.24, 2.45) is 5.92 Å². The average molecular weight is 223 g/mol. The molecule has 1 aliphatic heterocycles. The Bertz CT molecular complexity index is 356. The third kappa shape index (κ3) is 2.70. The zero-order valence-electron chi connectivity index (χ0n) is 9.86. The van der Waals surface area contributed by atoms with Gasteiger partial charge in [-0.3, -0.25) is 0 Å². The van der Waals surface area contributed by atoms with Crippen LogP contribution in [-0.2, 0) is 0 Å². The first-order valence-electron chi connectivity index (χ1n) is 5.66. The largest absolute Gasteiger partial charge is 0.374 e. The number of halogens is 1. The van der Waals surface area contributed by atoms with Crippen LogP contribution in [0.15, 0.2) is 18.3 Å². The summed E-state index contributed by atoms with van der Waals surface area (Å²) in [5.74, 6) is 0.277. The third-order valence-corrected chi connectivity index (χ3v) is 3.17. The monoisotopic (exact) mass is 223 g/mol. The van der Waals surface area contributed by atoms with Crippen LogP contribution >= 0.6 is 0 Å². The van der Waals surface area contributed by atoms with Crippen LogP contribution in [0, 0.1) is 11.9 Å². The fraction of sp³-hybridized carbons (Fsp3) is 0.583. The third-order valence-electron chi connectivity index (χ3n) is 3.17. The highest BCUT2D eigenvalue weighted by molar-refractivity contribution is 5.43. The van der Waals surface area contributed by atoms with Gasteiger partial charge < -0.3 is 9.80 Å². The topological polar surface area (TPSA) is 19.4 Å². The van der Waals surface area contributed by atoms with E-state index in [9.17, 15) is 4.39 Å². The molecule has 0 saturated carbocycles. The van der Waals surface area contributed by atoms with Crippen LogP contribution in [0.1, 0.15) is 6.42 Å². The highest BCUT2D eigenvalue weighted by Crippen LogP contribution is 2.19. The molecule has 3 nitrogen and oxygen atoms in total. The van der Waals surface area contributed by atoms with Crippen molar-refractivity contribution in [1.29, 1.82) is 0 Å². The molecule has 0 radical (unpaired) electrons. The first-order valence-corrected chi connectivity index (χ1v) is 5.66. The molecule has 1 aliphatic rings. The second-order valence-electron chi connectivity index (χ2n) is 4.63. The molecule has 0 N–H and O–H groups in total. The number of hydrogen-bond acceptors (Lipinski definition) is 3. The molecule has 2 heterocycles. The Morgan fingerprint density at radius 3 is 3.06 bits per heavy atom. The second kappa shape index (κ2) is 4.78. The molecule has 1 atom stereocenters. The molecule has 0 aliphatic carbocycles. The molecule has 1 saturated heterocycles. The fourth-order valence-electron chi connectivity index (χ4n) is 2.30. The maximum Gasteiger partial charge on any atom is 0.214 e. The van der Waals surface area contributed by atoms with Crippen molar-refractivity contribution in [3.63, 3.8) is 0 Å². The summed E-state index contributed by atoms with van der Waals surface area (Å²) < 4.78 is 13.0. The van der Waals surface area contributed by atoms with Crippen molar-refractivity contribution in [1.82, 2.24) is 9.88 Å². The van der Waals surface area contributed by atoms with E-state index in [4.69, 9.17) is 0 Å². The summed E-state index contributed by atoms with van der Waals surface area (Å²) in [6, 6.07) is 3.33. The highest BCUT2D eigenvalue weighted by Gasteiger charge is 2.20. The number of likely N-dealkylation sites (tertiary alicyclic amines) is 1. The van der Waals surface area contributed by atoms with Gasteiger partial charge in [-0.1, -0.05) is 0 Å². The van der Waals surface area contributed by atoms with Crippen LogP contribution in [0.5, 0.6) is 0 Å². The number of anilines is 1. The maximum absolute atomic E-state index is 13.0. The summed E-state index contributed by atoms with van der Waals surface area (Å²) in [5, 5.41) is 0. The standard InChI is InChI=1S/C12H18FN3/c1-15-6-4-10(8-15)9-16(2)11-3-5-14-12(13)7-11/h3,5,7,10H,4,6,8-9H2,1-2H3. The molecule has 0 spiro atoms. The van der Waals surface area contributed by atoms with Crippen molar-refractivity contribution in [3.8, 4) is 0 Å². The lowest BCUT2D eigenvalue weighted by Gasteiger charge is -2.22. The number of hydrogen-bond donors (Lipinski definition) is 0. The summed E-state index contributed by atoms with van der Waals surface area (Å²) in [5.41, 5.74) is 0.905. The van der Waals surface area contributed by atoms with Crippen LogP contribution in [0.2, 0.25) is 0 Å². The van der Waals surface area contributed by atoms with Gasteiger partial charge in [-0.2, -0.15) is 4.39 Å². The SMILES string of the molecule is CN1CCC(CN(C)c2ccnc(F)c2)C1. The summed E-state index contributed by atoms with van der Waals surface area (Å²) >= 11 is 0. The second-order valence-corrected chi connectivity index (χ2v) is 4.63. The number of aromatic nitrogens is 1. The first-order chi connectivity index (χ1) is 7.65.